The zero-order valence-corrected chi connectivity index (χ0v) is 18.7. The van der Waals surface area contributed by atoms with Crippen molar-refractivity contribution in [1.82, 2.24) is 14.4 Å². The summed E-state index contributed by atoms with van der Waals surface area (Å²) in [5, 5.41) is 10.3. The molecule has 0 radical (unpaired) electrons. The van der Waals surface area contributed by atoms with E-state index in [4.69, 9.17) is 5.10 Å². The van der Waals surface area contributed by atoms with E-state index in [1.165, 1.54) is 19.3 Å². The van der Waals surface area contributed by atoms with E-state index in [1.54, 1.807) is 4.68 Å². The highest BCUT2D eigenvalue weighted by Crippen LogP contribution is 2.23. The largest absolute Gasteiger partial charge is 0.349 e. The topological polar surface area (TPSA) is 54.6 Å². The van der Waals surface area contributed by atoms with Crippen LogP contribution in [0.25, 0.3) is 5.69 Å². The number of piperidine rings is 1. The van der Waals surface area contributed by atoms with E-state index in [1.807, 2.05) is 79.5 Å². The third-order valence-corrected chi connectivity index (χ3v) is 6.22. The van der Waals surface area contributed by atoms with Crippen molar-refractivity contribution in [1.29, 1.82) is 0 Å². The van der Waals surface area contributed by atoms with Gasteiger partial charge >= 0.3 is 0 Å². The highest BCUT2D eigenvalue weighted by atomic mass is 16.1. The van der Waals surface area contributed by atoms with Crippen molar-refractivity contribution in [3.63, 3.8) is 0 Å². The van der Waals surface area contributed by atoms with Gasteiger partial charge < -0.3 is 5.32 Å². The van der Waals surface area contributed by atoms with Gasteiger partial charge in [0.2, 0.25) is 0 Å². The number of benzene rings is 2. The fraction of sp³-hybridized carbons (Fsp3) is 0.360. The molecule has 1 N–H and O–H groups in total. The lowest BCUT2D eigenvalue weighted by Gasteiger charge is -2.36. The van der Waals surface area contributed by atoms with Crippen LogP contribution >= 0.6 is 0 Å². The summed E-state index contributed by atoms with van der Waals surface area (Å²) in [5.41, 5.74) is 4.17. The number of rotatable bonds is 5. The van der Waals surface area contributed by atoms with E-state index in [-0.39, 0.29) is 5.56 Å². The Morgan fingerprint density at radius 3 is 2.29 bits per heavy atom. The molecule has 31 heavy (non-hydrogen) atoms. The van der Waals surface area contributed by atoms with Gasteiger partial charge in [0.1, 0.15) is 5.69 Å². The molecule has 0 saturated carbocycles. The summed E-state index contributed by atoms with van der Waals surface area (Å²) >= 11 is 0. The fourth-order valence-corrected chi connectivity index (χ4v) is 4.28. The van der Waals surface area contributed by atoms with E-state index >= 15 is 0 Å². The van der Waals surface area contributed by atoms with Crippen LogP contribution in [-0.4, -0.2) is 32.7 Å². The second-order valence-electron chi connectivity index (χ2n) is 8.44. The van der Waals surface area contributed by atoms with Gasteiger partial charge in [0.05, 0.1) is 17.6 Å². The highest BCUT2D eigenvalue weighted by Gasteiger charge is 2.22. The normalized spacial score (nSPS) is 19.2. The zero-order valence-electron chi connectivity index (χ0n) is 18.7. The Labute approximate surface area is 183 Å². The number of hydrogen-bond donors (Lipinski definition) is 1. The molecule has 0 unspecified atom stereocenters. The lowest BCUT2D eigenvalue weighted by Crippen LogP contribution is -2.39. The number of nitrogens with zero attached hydrogens (tertiary/aromatic N) is 4. The second kappa shape index (κ2) is 8.84. The van der Waals surface area contributed by atoms with Crippen LogP contribution < -0.4 is 10.9 Å². The molecule has 6 nitrogen and oxygen atoms in total. The minimum absolute atomic E-state index is 0.0649. The van der Waals surface area contributed by atoms with E-state index < -0.39 is 0 Å². The predicted molar refractivity (Wildman–Crippen MR) is 128 cm³/mol. The van der Waals surface area contributed by atoms with E-state index in [2.05, 4.69) is 24.2 Å². The van der Waals surface area contributed by atoms with E-state index in [9.17, 15) is 4.79 Å². The summed E-state index contributed by atoms with van der Waals surface area (Å²) in [6, 6.07) is 18.7. The maximum Gasteiger partial charge on any atom is 0.295 e. The van der Waals surface area contributed by atoms with Crippen LogP contribution in [0.1, 0.15) is 44.4 Å². The number of hydrazone groups is 1. The average molecular weight is 418 g/mol. The van der Waals surface area contributed by atoms with Crippen LogP contribution in [0.5, 0.6) is 0 Å². The molecular formula is C25H31N5O. The lowest BCUT2D eigenvalue weighted by atomic mass is 10.00. The van der Waals surface area contributed by atoms with Crippen molar-refractivity contribution in [2.75, 3.05) is 5.32 Å². The van der Waals surface area contributed by atoms with Crippen molar-refractivity contribution in [2.45, 2.75) is 52.1 Å². The zero-order chi connectivity index (χ0) is 22.0. The SMILES string of the molecule is Cc1c(Nc2ccc(/C=N\N3[C@@H](C)CCC[C@@H]3C)cc2)c(=O)n(-c2ccccc2)n1C. The van der Waals surface area contributed by atoms with Crippen molar-refractivity contribution in [2.24, 2.45) is 12.1 Å². The molecule has 162 valence electrons. The number of nitrogens with one attached hydrogen (secondary N) is 1. The summed E-state index contributed by atoms with van der Waals surface area (Å²) in [7, 11) is 1.90. The van der Waals surface area contributed by atoms with Gasteiger partial charge in [-0.15, -0.1) is 0 Å². The van der Waals surface area contributed by atoms with Crippen molar-refractivity contribution < 1.29 is 0 Å². The minimum Gasteiger partial charge on any atom is -0.349 e. The molecule has 4 rings (SSSR count). The number of para-hydroxylation sites is 1. The van der Waals surface area contributed by atoms with Gasteiger partial charge in [0.25, 0.3) is 5.56 Å². The molecular weight excluding hydrogens is 386 g/mol. The summed E-state index contributed by atoms with van der Waals surface area (Å²) in [4.78, 5) is 13.1. The van der Waals surface area contributed by atoms with Crippen LogP contribution in [-0.2, 0) is 7.05 Å². The first-order valence-corrected chi connectivity index (χ1v) is 11.0. The van der Waals surface area contributed by atoms with Gasteiger partial charge in [0, 0.05) is 24.8 Å². The lowest BCUT2D eigenvalue weighted by molar-refractivity contribution is 0.109. The van der Waals surface area contributed by atoms with Crippen molar-refractivity contribution in [3.8, 4) is 5.69 Å². The Morgan fingerprint density at radius 1 is 1.00 bits per heavy atom. The number of hydrogen-bond acceptors (Lipinski definition) is 4. The molecule has 0 bridgehead atoms. The average Bonchev–Trinajstić information content (AvgIpc) is 2.98. The Morgan fingerprint density at radius 2 is 1.65 bits per heavy atom. The standard InChI is InChI=1S/C25H31N5O/c1-18-9-8-10-19(2)29(18)26-17-21-13-15-22(16-14-21)27-24-20(3)28(4)30(25(24)31)23-11-6-5-7-12-23/h5-7,11-19,27H,8-10H2,1-4H3/b26-17-/t18-,19-/m0/s1. The summed E-state index contributed by atoms with van der Waals surface area (Å²) in [6.45, 7) is 6.43. The van der Waals surface area contributed by atoms with Gasteiger partial charge in [-0.3, -0.25) is 14.5 Å². The molecule has 0 aliphatic carbocycles. The molecule has 2 aromatic carbocycles. The Bertz CT molecular complexity index is 1100. The van der Waals surface area contributed by atoms with Crippen molar-refractivity contribution >= 4 is 17.6 Å². The van der Waals surface area contributed by atoms with Crippen molar-refractivity contribution in [3.05, 3.63) is 76.2 Å². The smallest absolute Gasteiger partial charge is 0.295 e. The van der Waals surface area contributed by atoms with Gasteiger partial charge in [-0.05, 0) is 69.9 Å². The molecule has 3 aromatic rings. The van der Waals surface area contributed by atoms with Crippen LogP contribution in [0.2, 0.25) is 0 Å². The Kier molecular flexibility index (Phi) is 5.98. The molecule has 1 aliphatic heterocycles. The maximum atomic E-state index is 13.1. The summed E-state index contributed by atoms with van der Waals surface area (Å²) in [6.07, 6.45) is 5.60. The van der Waals surface area contributed by atoms with E-state index in [0.717, 1.165) is 22.6 Å². The monoisotopic (exact) mass is 417 g/mol. The molecule has 1 aliphatic rings. The first-order valence-electron chi connectivity index (χ1n) is 11.0. The van der Waals surface area contributed by atoms with Gasteiger partial charge in [-0.1, -0.05) is 30.3 Å². The molecule has 0 spiro atoms. The third-order valence-electron chi connectivity index (χ3n) is 6.22. The molecule has 2 atom stereocenters. The molecule has 0 amide bonds. The second-order valence-corrected chi connectivity index (χ2v) is 8.44. The molecule has 1 saturated heterocycles. The Hall–Kier alpha value is -3.28. The molecule has 1 fully saturated rings. The van der Waals surface area contributed by atoms with E-state index in [0.29, 0.717) is 17.8 Å². The predicted octanol–water partition coefficient (Wildman–Crippen LogP) is 4.82. The highest BCUT2D eigenvalue weighted by molar-refractivity contribution is 5.80. The molecule has 2 heterocycles. The van der Waals surface area contributed by atoms with Gasteiger partial charge in [-0.25, -0.2) is 4.68 Å². The van der Waals surface area contributed by atoms with Crippen LogP contribution in [0, 0.1) is 6.92 Å². The maximum absolute atomic E-state index is 13.1. The first kappa shape index (κ1) is 21.0. The van der Waals surface area contributed by atoms with Crippen LogP contribution in [0.4, 0.5) is 11.4 Å². The van der Waals surface area contributed by atoms with Gasteiger partial charge in [0.15, 0.2) is 0 Å². The molecule has 6 heteroatoms. The van der Waals surface area contributed by atoms with Crippen LogP contribution in [0.15, 0.2) is 64.5 Å². The van der Waals surface area contributed by atoms with Crippen LogP contribution in [0.3, 0.4) is 0 Å². The number of aromatic nitrogens is 2. The third kappa shape index (κ3) is 4.29. The molecule has 1 aromatic heterocycles. The van der Waals surface area contributed by atoms with Gasteiger partial charge in [-0.2, -0.15) is 5.10 Å². The quantitative estimate of drug-likeness (QED) is 0.605. The Balaban J connectivity index is 1.52. The fourth-order valence-electron chi connectivity index (χ4n) is 4.28. The summed E-state index contributed by atoms with van der Waals surface area (Å²) < 4.78 is 3.56. The first-order chi connectivity index (χ1) is 15.0. The minimum atomic E-state index is -0.0649. The summed E-state index contributed by atoms with van der Waals surface area (Å²) in [5.74, 6) is 0. The number of anilines is 2.